The van der Waals surface area contributed by atoms with Crippen molar-refractivity contribution in [3.63, 3.8) is 0 Å². The highest BCUT2D eigenvalue weighted by atomic mass is 14.3. The third-order valence-corrected chi connectivity index (χ3v) is 8.53. The largest absolute Gasteiger partial charge is 0.0654 e. The van der Waals surface area contributed by atoms with Crippen LogP contribution in [0.3, 0.4) is 0 Å². The number of benzene rings is 1. The fourth-order valence-electron chi connectivity index (χ4n) is 6.30. The standard InChI is InChI=1S/C30H50/c1-3-5-6-8-26-11-15-28(16-12-26)18-20-30-23-21-29(22-24-30)19-17-27-13-9-25(7-4-2)10-14-27/h9-10,13-14,26,28-30H,3-8,11-12,15-24H2,1-2H3. The lowest BCUT2D eigenvalue weighted by Crippen LogP contribution is -2.18. The van der Waals surface area contributed by atoms with Gasteiger partial charge in [0.15, 0.2) is 0 Å². The van der Waals surface area contributed by atoms with E-state index in [4.69, 9.17) is 0 Å². The topological polar surface area (TPSA) is 0 Å². The molecule has 0 bridgehead atoms. The Bertz CT molecular complexity index is 540. The SMILES string of the molecule is CCCCCC1CCC(CCC2CCC(CCc3ccc(CCC)cc3)CC2)CC1. The van der Waals surface area contributed by atoms with Crippen molar-refractivity contribution in [2.24, 2.45) is 23.7 Å². The van der Waals surface area contributed by atoms with Gasteiger partial charge in [0, 0.05) is 0 Å². The fraction of sp³-hybridized carbons (Fsp3) is 0.800. The van der Waals surface area contributed by atoms with E-state index in [9.17, 15) is 0 Å². The minimum Gasteiger partial charge on any atom is -0.0654 e. The predicted octanol–water partition coefficient (Wildman–Crippen LogP) is 9.54. The Morgan fingerprint density at radius 3 is 1.40 bits per heavy atom. The molecule has 0 spiro atoms. The zero-order valence-corrected chi connectivity index (χ0v) is 20.3. The first kappa shape index (κ1) is 23.9. The molecule has 3 rings (SSSR count). The van der Waals surface area contributed by atoms with E-state index in [2.05, 4.69) is 38.1 Å². The minimum absolute atomic E-state index is 0.995. The number of rotatable bonds is 12. The van der Waals surface area contributed by atoms with Gasteiger partial charge in [-0.2, -0.15) is 0 Å². The molecule has 30 heavy (non-hydrogen) atoms. The van der Waals surface area contributed by atoms with Crippen LogP contribution in [-0.4, -0.2) is 0 Å². The van der Waals surface area contributed by atoms with Gasteiger partial charge in [-0.15, -0.1) is 0 Å². The molecule has 0 aliphatic heterocycles. The highest BCUT2D eigenvalue weighted by Gasteiger charge is 2.24. The van der Waals surface area contributed by atoms with E-state index in [1.54, 1.807) is 37.7 Å². The Morgan fingerprint density at radius 1 is 0.500 bits per heavy atom. The van der Waals surface area contributed by atoms with Crippen LogP contribution in [-0.2, 0) is 12.8 Å². The van der Waals surface area contributed by atoms with E-state index in [0.29, 0.717) is 0 Å². The fourth-order valence-corrected chi connectivity index (χ4v) is 6.30. The highest BCUT2D eigenvalue weighted by Crippen LogP contribution is 2.38. The van der Waals surface area contributed by atoms with Gasteiger partial charge >= 0.3 is 0 Å². The lowest BCUT2D eigenvalue weighted by atomic mass is 9.74. The van der Waals surface area contributed by atoms with Crippen LogP contribution in [0.2, 0.25) is 0 Å². The van der Waals surface area contributed by atoms with Crippen molar-refractivity contribution in [2.45, 2.75) is 129 Å². The van der Waals surface area contributed by atoms with Crippen LogP contribution in [0, 0.1) is 23.7 Å². The van der Waals surface area contributed by atoms with Crippen molar-refractivity contribution in [3.8, 4) is 0 Å². The van der Waals surface area contributed by atoms with Crippen molar-refractivity contribution >= 4 is 0 Å². The van der Waals surface area contributed by atoms with Crippen LogP contribution in [0.5, 0.6) is 0 Å². The van der Waals surface area contributed by atoms with E-state index < -0.39 is 0 Å². The zero-order valence-electron chi connectivity index (χ0n) is 20.3. The summed E-state index contributed by atoms with van der Waals surface area (Å²) in [4.78, 5) is 0. The third-order valence-electron chi connectivity index (χ3n) is 8.53. The maximum atomic E-state index is 2.38. The Hall–Kier alpha value is -0.780. The average Bonchev–Trinajstić information content (AvgIpc) is 2.79. The van der Waals surface area contributed by atoms with Gasteiger partial charge in [0.25, 0.3) is 0 Å². The van der Waals surface area contributed by atoms with Crippen molar-refractivity contribution in [2.75, 3.05) is 0 Å². The summed E-state index contributed by atoms with van der Waals surface area (Å²) < 4.78 is 0. The summed E-state index contributed by atoms with van der Waals surface area (Å²) in [5, 5.41) is 0. The van der Waals surface area contributed by atoms with Gasteiger partial charge in [0.05, 0.1) is 0 Å². The molecule has 0 heteroatoms. The summed E-state index contributed by atoms with van der Waals surface area (Å²) in [5.41, 5.74) is 3.06. The molecule has 1 aromatic rings. The zero-order chi connectivity index (χ0) is 21.0. The quantitative estimate of drug-likeness (QED) is 0.301. The van der Waals surface area contributed by atoms with Crippen LogP contribution < -0.4 is 0 Å². The van der Waals surface area contributed by atoms with Gasteiger partial charge in [-0.25, -0.2) is 0 Å². The summed E-state index contributed by atoms with van der Waals surface area (Å²) in [5.74, 6) is 4.19. The molecule has 2 saturated carbocycles. The average molecular weight is 411 g/mol. The van der Waals surface area contributed by atoms with E-state index in [1.807, 2.05) is 0 Å². The van der Waals surface area contributed by atoms with Crippen LogP contribution in [0.4, 0.5) is 0 Å². The summed E-state index contributed by atoms with van der Waals surface area (Å²) >= 11 is 0. The van der Waals surface area contributed by atoms with Crippen LogP contribution in [0.1, 0.15) is 128 Å². The van der Waals surface area contributed by atoms with Crippen molar-refractivity contribution in [1.29, 1.82) is 0 Å². The van der Waals surface area contributed by atoms with E-state index in [0.717, 1.165) is 23.7 Å². The van der Waals surface area contributed by atoms with Gasteiger partial charge in [-0.1, -0.05) is 134 Å². The van der Waals surface area contributed by atoms with Crippen LogP contribution in [0.25, 0.3) is 0 Å². The van der Waals surface area contributed by atoms with E-state index >= 15 is 0 Å². The number of unbranched alkanes of at least 4 members (excludes halogenated alkanes) is 2. The molecule has 2 aliphatic carbocycles. The number of hydrogen-bond acceptors (Lipinski definition) is 0. The Labute approximate surface area is 188 Å². The van der Waals surface area contributed by atoms with Gasteiger partial charge < -0.3 is 0 Å². The maximum absolute atomic E-state index is 2.38. The predicted molar refractivity (Wildman–Crippen MR) is 133 cm³/mol. The second kappa shape index (κ2) is 13.6. The first-order valence-electron chi connectivity index (χ1n) is 13.8. The molecule has 170 valence electrons. The third kappa shape index (κ3) is 8.39. The second-order valence-corrected chi connectivity index (χ2v) is 11.0. The molecular formula is C30H50. The minimum atomic E-state index is 0.995. The van der Waals surface area contributed by atoms with Crippen LogP contribution in [0.15, 0.2) is 24.3 Å². The Balaban J connectivity index is 1.24. The molecule has 0 unspecified atom stereocenters. The summed E-state index contributed by atoms with van der Waals surface area (Å²) in [7, 11) is 0. The van der Waals surface area contributed by atoms with Gasteiger partial charge in [0.2, 0.25) is 0 Å². The molecule has 2 aliphatic rings. The van der Waals surface area contributed by atoms with Crippen LogP contribution >= 0.6 is 0 Å². The van der Waals surface area contributed by atoms with Gasteiger partial charge in [-0.3, -0.25) is 0 Å². The Kier molecular flexibility index (Phi) is 10.8. The molecule has 0 N–H and O–H groups in total. The van der Waals surface area contributed by atoms with E-state index in [1.165, 1.54) is 89.0 Å². The molecular weight excluding hydrogens is 360 g/mol. The molecule has 0 aromatic heterocycles. The summed E-state index contributed by atoms with van der Waals surface area (Å²) in [6, 6.07) is 9.48. The molecule has 0 nitrogen and oxygen atoms in total. The number of aryl methyl sites for hydroxylation is 2. The first-order valence-corrected chi connectivity index (χ1v) is 13.8. The highest BCUT2D eigenvalue weighted by molar-refractivity contribution is 5.22. The summed E-state index contributed by atoms with van der Waals surface area (Å²) in [6.45, 7) is 4.60. The molecule has 0 atom stereocenters. The van der Waals surface area contributed by atoms with Crippen molar-refractivity contribution in [3.05, 3.63) is 35.4 Å². The molecule has 0 saturated heterocycles. The Morgan fingerprint density at radius 2 is 0.933 bits per heavy atom. The molecule has 0 heterocycles. The lowest BCUT2D eigenvalue weighted by Gasteiger charge is -2.32. The molecule has 0 amide bonds. The first-order chi connectivity index (χ1) is 14.8. The van der Waals surface area contributed by atoms with Crippen molar-refractivity contribution < 1.29 is 0 Å². The maximum Gasteiger partial charge on any atom is -0.0276 e. The lowest BCUT2D eigenvalue weighted by molar-refractivity contribution is 0.208. The van der Waals surface area contributed by atoms with Gasteiger partial charge in [-0.05, 0) is 54.1 Å². The normalized spacial score (nSPS) is 27.3. The number of hydrogen-bond donors (Lipinski definition) is 0. The van der Waals surface area contributed by atoms with Crippen molar-refractivity contribution in [1.82, 2.24) is 0 Å². The monoisotopic (exact) mass is 410 g/mol. The second-order valence-electron chi connectivity index (χ2n) is 11.0. The van der Waals surface area contributed by atoms with Gasteiger partial charge in [0.1, 0.15) is 0 Å². The van der Waals surface area contributed by atoms with E-state index in [-0.39, 0.29) is 0 Å². The molecule has 0 radical (unpaired) electrons. The summed E-state index contributed by atoms with van der Waals surface area (Å²) in [6.07, 6.45) is 26.3. The smallest absolute Gasteiger partial charge is 0.0276 e. The molecule has 1 aromatic carbocycles. The molecule has 2 fully saturated rings.